The van der Waals surface area contributed by atoms with Crippen LogP contribution in [0.25, 0.3) is 0 Å². The largest absolute Gasteiger partial charge is 0.494 e. The molecular formula is C24H26N4O4S. The standard InChI is InChI=1S/C24H26N4O4S/c1-14-6-9-17(10-7-14)26-21(20-22(30)27(4)24(32)28(5)23(20)31)33-13-19(29)25-18-11-8-15(2)16(3)12-18/h6-12,30H,13H2,1-5H3,(H,25,29). The Bertz CT molecular complexity index is 1350. The van der Waals surface area contributed by atoms with Crippen LogP contribution in [-0.4, -0.2) is 30.9 Å². The maximum Gasteiger partial charge on any atom is 0.333 e. The highest BCUT2D eigenvalue weighted by molar-refractivity contribution is 8.15. The Morgan fingerprint density at radius 2 is 1.67 bits per heavy atom. The van der Waals surface area contributed by atoms with Crippen LogP contribution in [0.15, 0.2) is 57.0 Å². The summed E-state index contributed by atoms with van der Waals surface area (Å²) >= 11 is 1.01. The lowest BCUT2D eigenvalue weighted by Gasteiger charge is -2.13. The Balaban J connectivity index is 1.96. The summed E-state index contributed by atoms with van der Waals surface area (Å²) < 4.78 is 1.87. The molecule has 0 saturated heterocycles. The van der Waals surface area contributed by atoms with Crippen LogP contribution in [0.5, 0.6) is 5.88 Å². The number of thioether (sulfide) groups is 1. The molecule has 9 heteroatoms. The molecule has 1 heterocycles. The van der Waals surface area contributed by atoms with Gasteiger partial charge in [-0.05, 0) is 56.2 Å². The topological polar surface area (TPSA) is 106 Å². The maximum absolute atomic E-state index is 12.8. The second kappa shape index (κ2) is 9.91. The second-order valence-corrected chi connectivity index (χ2v) is 8.76. The van der Waals surface area contributed by atoms with Crippen molar-refractivity contribution in [3.05, 3.63) is 85.6 Å². The minimum Gasteiger partial charge on any atom is -0.494 e. The number of carbonyl (C=O) groups excluding carboxylic acids is 1. The van der Waals surface area contributed by atoms with Gasteiger partial charge in [-0.1, -0.05) is 35.5 Å². The number of aliphatic imine (C=N–C) groups is 1. The number of hydrogen-bond donors (Lipinski definition) is 2. The summed E-state index contributed by atoms with van der Waals surface area (Å²) in [6.07, 6.45) is 0. The molecule has 0 saturated carbocycles. The summed E-state index contributed by atoms with van der Waals surface area (Å²) in [6.45, 7) is 5.89. The summed E-state index contributed by atoms with van der Waals surface area (Å²) in [5, 5.41) is 13.6. The van der Waals surface area contributed by atoms with Gasteiger partial charge in [-0.15, -0.1) is 0 Å². The van der Waals surface area contributed by atoms with Gasteiger partial charge in [0.05, 0.1) is 11.4 Å². The van der Waals surface area contributed by atoms with Crippen molar-refractivity contribution in [2.45, 2.75) is 20.8 Å². The molecule has 3 rings (SSSR count). The number of nitrogens with one attached hydrogen (secondary N) is 1. The molecule has 0 aliphatic rings. The molecule has 0 unspecified atom stereocenters. The number of benzene rings is 2. The van der Waals surface area contributed by atoms with E-state index in [1.54, 1.807) is 12.1 Å². The van der Waals surface area contributed by atoms with Crippen LogP contribution in [-0.2, 0) is 18.9 Å². The number of anilines is 1. The van der Waals surface area contributed by atoms with Crippen LogP contribution >= 0.6 is 11.8 Å². The van der Waals surface area contributed by atoms with Gasteiger partial charge in [0.15, 0.2) is 0 Å². The maximum atomic E-state index is 12.8. The van der Waals surface area contributed by atoms with Crippen LogP contribution < -0.4 is 16.6 Å². The smallest absolute Gasteiger partial charge is 0.333 e. The Labute approximate surface area is 195 Å². The van der Waals surface area contributed by atoms with Gasteiger partial charge >= 0.3 is 5.69 Å². The number of aromatic hydroxyl groups is 1. The van der Waals surface area contributed by atoms with E-state index in [1.165, 1.54) is 14.1 Å². The summed E-state index contributed by atoms with van der Waals surface area (Å²) in [4.78, 5) is 42.1. The number of carbonyl (C=O) groups is 1. The van der Waals surface area contributed by atoms with Crippen molar-refractivity contribution in [3.63, 3.8) is 0 Å². The SMILES string of the molecule is Cc1ccc(N=C(SCC(=O)Nc2ccc(C)c(C)c2)c2c(O)n(C)c(=O)n(C)c2=O)cc1. The van der Waals surface area contributed by atoms with Gasteiger partial charge in [0, 0.05) is 19.8 Å². The van der Waals surface area contributed by atoms with E-state index in [0.29, 0.717) is 11.4 Å². The third-order valence-corrected chi connectivity index (χ3v) is 6.22. The molecule has 1 amide bonds. The first-order chi connectivity index (χ1) is 15.6. The fourth-order valence-electron chi connectivity index (χ4n) is 3.07. The number of amides is 1. The Hall–Kier alpha value is -3.59. The zero-order valence-electron chi connectivity index (χ0n) is 19.2. The summed E-state index contributed by atoms with van der Waals surface area (Å²) in [5.41, 5.74) is 2.95. The molecule has 0 atom stereocenters. The van der Waals surface area contributed by atoms with Crippen LogP contribution in [0, 0.1) is 20.8 Å². The van der Waals surface area contributed by atoms with Crippen molar-refractivity contribution in [2.75, 3.05) is 11.1 Å². The molecule has 172 valence electrons. The van der Waals surface area contributed by atoms with Crippen molar-refractivity contribution in [1.29, 1.82) is 0 Å². The van der Waals surface area contributed by atoms with Gasteiger partial charge in [-0.2, -0.15) is 0 Å². The molecule has 1 aromatic heterocycles. The van der Waals surface area contributed by atoms with E-state index < -0.39 is 17.1 Å². The summed E-state index contributed by atoms with van der Waals surface area (Å²) in [5.74, 6) is -0.847. The van der Waals surface area contributed by atoms with Gasteiger partial charge in [0.1, 0.15) is 10.6 Å². The number of hydrogen-bond acceptors (Lipinski definition) is 6. The van der Waals surface area contributed by atoms with Crippen LogP contribution in [0.3, 0.4) is 0 Å². The monoisotopic (exact) mass is 466 g/mol. The Morgan fingerprint density at radius 1 is 1.00 bits per heavy atom. The van der Waals surface area contributed by atoms with Crippen LogP contribution in [0.2, 0.25) is 0 Å². The Kier molecular flexibility index (Phi) is 7.23. The lowest BCUT2D eigenvalue weighted by molar-refractivity contribution is -0.113. The molecule has 0 aliphatic carbocycles. The van der Waals surface area contributed by atoms with Crippen molar-refractivity contribution in [2.24, 2.45) is 19.1 Å². The fraction of sp³-hybridized carbons (Fsp3) is 0.250. The molecule has 2 N–H and O–H groups in total. The van der Waals surface area contributed by atoms with Gasteiger partial charge in [0.2, 0.25) is 11.8 Å². The zero-order valence-corrected chi connectivity index (χ0v) is 20.0. The van der Waals surface area contributed by atoms with Crippen LogP contribution in [0.4, 0.5) is 11.4 Å². The first-order valence-corrected chi connectivity index (χ1v) is 11.2. The molecule has 3 aromatic rings. The average molecular weight is 467 g/mol. The minimum absolute atomic E-state index is 0.0525. The molecule has 0 fully saturated rings. The number of nitrogens with zero attached hydrogens (tertiary/aromatic N) is 3. The first kappa shape index (κ1) is 24.1. The van der Waals surface area contributed by atoms with Crippen molar-refractivity contribution in [3.8, 4) is 5.88 Å². The predicted molar refractivity (Wildman–Crippen MR) is 133 cm³/mol. The number of rotatable bonds is 5. The minimum atomic E-state index is -0.691. The highest BCUT2D eigenvalue weighted by Crippen LogP contribution is 2.24. The highest BCUT2D eigenvalue weighted by Gasteiger charge is 2.22. The van der Waals surface area contributed by atoms with E-state index in [1.807, 2.05) is 51.1 Å². The molecule has 33 heavy (non-hydrogen) atoms. The number of aryl methyl sites for hydroxylation is 3. The summed E-state index contributed by atoms with van der Waals surface area (Å²) in [7, 11) is 2.69. The second-order valence-electron chi connectivity index (χ2n) is 7.79. The van der Waals surface area contributed by atoms with Gasteiger partial charge in [-0.3, -0.25) is 18.7 Å². The average Bonchev–Trinajstić information content (AvgIpc) is 2.78. The first-order valence-electron chi connectivity index (χ1n) is 10.2. The molecule has 8 nitrogen and oxygen atoms in total. The molecule has 0 bridgehead atoms. The lowest BCUT2D eigenvalue weighted by Crippen LogP contribution is -2.39. The van der Waals surface area contributed by atoms with E-state index >= 15 is 0 Å². The van der Waals surface area contributed by atoms with Gasteiger partial charge in [-0.25, -0.2) is 9.79 Å². The fourth-order valence-corrected chi connectivity index (χ4v) is 3.90. The van der Waals surface area contributed by atoms with Gasteiger partial charge < -0.3 is 10.4 Å². The predicted octanol–water partition coefficient (Wildman–Crippen LogP) is 3.17. The summed E-state index contributed by atoms with van der Waals surface area (Å²) in [6, 6.07) is 12.9. The van der Waals surface area contributed by atoms with Crippen molar-refractivity contribution in [1.82, 2.24) is 9.13 Å². The highest BCUT2D eigenvalue weighted by atomic mass is 32.2. The lowest BCUT2D eigenvalue weighted by atomic mass is 10.1. The van der Waals surface area contributed by atoms with E-state index in [-0.39, 0.29) is 22.3 Å². The quantitative estimate of drug-likeness (QED) is 0.444. The molecule has 2 aromatic carbocycles. The van der Waals surface area contributed by atoms with Gasteiger partial charge in [0.25, 0.3) is 5.56 Å². The molecule has 0 aliphatic heterocycles. The third kappa shape index (κ3) is 5.43. The normalized spacial score (nSPS) is 11.5. The molecular weight excluding hydrogens is 440 g/mol. The van der Waals surface area contributed by atoms with E-state index in [0.717, 1.165) is 37.6 Å². The third-order valence-electron chi connectivity index (χ3n) is 5.24. The Morgan fingerprint density at radius 3 is 2.30 bits per heavy atom. The number of aromatic nitrogens is 2. The van der Waals surface area contributed by atoms with E-state index in [9.17, 15) is 19.5 Å². The van der Waals surface area contributed by atoms with E-state index in [2.05, 4.69) is 10.3 Å². The zero-order chi connectivity index (χ0) is 24.3. The van der Waals surface area contributed by atoms with E-state index in [4.69, 9.17) is 0 Å². The van der Waals surface area contributed by atoms with Crippen molar-refractivity contribution < 1.29 is 9.90 Å². The van der Waals surface area contributed by atoms with Crippen LogP contribution in [0.1, 0.15) is 22.3 Å². The molecule has 0 spiro atoms. The van der Waals surface area contributed by atoms with Crippen molar-refractivity contribution >= 4 is 34.1 Å². The molecule has 0 radical (unpaired) electrons.